The van der Waals surface area contributed by atoms with Crippen LogP contribution in [-0.2, 0) is 0 Å². The normalized spacial score (nSPS) is 10.4. The van der Waals surface area contributed by atoms with Crippen LogP contribution in [0.5, 0.6) is 5.75 Å². The molecule has 0 saturated carbocycles. The second kappa shape index (κ2) is 6.03. The Morgan fingerprint density at radius 2 is 1.64 bits per heavy atom. The zero-order valence-electron chi connectivity index (χ0n) is 11.9. The average molecular weight is 310 g/mol. The van der Waals surface area contributed by atoms with Gasteiger partial charge in [-0.25, -0.2) is 4.79 Å². The Bertz CT molecular complexity index is 820. The molecule has 3 aromatic rings. The Balaban J connectivity index is 2.21. The zero-order chi connectivity index (χ0) is 15.5. The van der Waals surface area contributed by atoms with Gasteiger partial charge in [-0.05, 0) is 23.6 Å². The highest BCUT2D eigenvalue weighted by Gasteiger charge is 2.17. The average Bonchev–Trinajstić information content (AvgIpc) is 3.04. The molecule has 22 heavy (non-hydrogen) atoms. The topological polar surface area (TPSA) is 46.5 Å². The van der Waals surface area contributed by atoms with Gasteiger partial charge < -0.3 is 9.84 Å². The van der Waals surface area contributed by atoms with Crippen molar-refractivity contribution in [2.24, 2.45) is 0 Å². The standard InChI is InChI=1S/C18H14O3S/c1-21-16-9-5-4-6-12(16)14-10-11-22-17(14)13-7-2-3-8-15(13)18(19)20/h2-11H,1H3,(H,19,20). The van der Waals surface area contributed by atoms with E-state index >= 15 is 0 Å². The van der Waals surface area contributed by atoms with Crippen LogP contribution in [0.25, 0.3) is 21.6 Å². The van der Waals surface area contributed by atoms with Gasteiger partial charge in [0, 0.05) is 21.6 Å². The van der Waals surface area contributed by atoms with Gasteiger partial charge in [-0.2, -0.15) is 0 Å². The van der Waals surface area contributed by atoms with Gasteiger partial charge in [-0.1, -0.05) is 36.4 Å². The van der Waals surface area contributed by atoms with Crippen molar-refractivity contribution < 1.29 is 14.6 Å². The van der Waals surface area contributed by atoms with Crippen molar-refractivity contribution in [1.82, 2.24) is 0 Å². The highest BCUT2D eigenvalue weighted by Crippen LogP contribution is 2.41. The maximum Gasteiger partial charge on any atom is 0.336 e. The van der Waals surface area contributed by atoms with E-state index in [4.69, 9.17) is 4.74 Å². The van der Waals surface area contributed by atoms with Gasteiger partial charge in [0.1, 0.15) is 5.75 Å². The Morgan fingerprint density at radius 1 is 0.955 bits per heavy atom. The van der Waals surface area contributed by atoms with E-state index in [1.165, 1.54) is 11.3 Å². The number of ether oxygens (including phenoxy) is 1. The number of hydrogen-bond donors (Lipinski definition) is 1. The number of rotatable bonds is 4. The molecular weight excluding hydrogens is 296 g/mol. The molecule has 0 radical (unpaired) electrons. The first-order chi connectivity index (χ1) is 10.7. The van der Waals surface area contributed by atoms with Crippen LogP contribution in [0.1, 0.15) is 10.4 Å². The van der Waals surface area contributed by atoms with E-state index in [-0.39, 0.29) is 0 Å². The van der Waals surface area contributed by atoms with E-state index in [0.29, 0.717) is 5.56 Å². The molecule has 1 heterocycles. The van der Waals surface area contributed by atoms with Crippen LogP contribution in [0.2, 0.25) is 0 Å². The molecule has 110 valence electrons. The first-order valence-corrected chi connectivity index (χ1v) is 7.64. The number of carbonyl (C=O) groups is 1. The minimum atomic E-state index is -0.921. The summed E-state index contributed by atoms with van der Waals surface area (Å²) in [7, 11) is 1.63. The van der Waals surface area contributed by atoms with Gasteiger partial charge in [-0.3, -0.25) is 0 Å². The molecule has 1 N–H and O–H groups in total. The summed E-state index contributed by atoms with van der Waals surface area (Å²) in [5.41, 5.74) is 2.98. The maximum atomic E-state index is 11.5. The second-order valence-electron chi connectivity index (χ2n) is 4.71. The quantitative estimate of drug-likeness (QED) is 0.753. The molecule has 0 aliphatic heterocycles. The SMILES string of the molecule is COc1ccccc1-c1ccsc1-c1ccccc1C(=O)O. The fraction of sp³-hybridized carbons (Fsp3) is 0.0556. The number of aromatic carboxylic acids is 1. The van der Waals surface area contributed by atoms with E-state index in [2.05, 4.69) is 0 Å². The van der Waals surface area contributed by atoms with Crippen molar-refractivity contribution in [3.63, 3.8) is 0 Å². The van der Waals surface area contributed by atoms with Crippen molar-refractivity contribution >= 4 is 17.3 Å². The molecule has 2 aromatic carbocycles. The summed E-state index contributed by atoms with van der Waals surface area (Å²) in [5.74, 6) is -0.148. The molecule has 0 amide bonds. The third kappa shape index (κ3) is 2.49. The van der Waals surface area contributed by atoms with Crippen molar-refractivity contribution in [3.8, 4) is 27.3 Å². The van der Waals surface area contributed by atoms with E-state index in [0.717, 1.165) is 27.3 Å². The van der Waals surface area contributed by atoms with Gasteiger partial charge in [0.25, 0.3) is 0 Å². The molecular formula is C18H14O3S. The molecule has 3 nitrogen and oxygen atoms in total. The Morgan fingerprint density at radius 3 is 2.36 bits per heavy atom. The van der Waals surface area contributed by atoms with E-state index in [1.54, 1.807) is 19.2 Å². The van der Waals surface area contributed by atoms with Gasteiger partial charge in [0.05, 0.1) is 12.7 Å². The number of para-hydroxylation sites is 1. The molecule has 0 spiro atoms. The third-order valence-corrected chi connectivity index (χ3v) is 4.41. The lowest BCUT2D eigenvalue weighted by atomic mass is 9.99. The monoisotopic (exact) mass is 310 g/mol. The number of carboxylic acids is 1. The summed E-state index contributed by atoms with van der Waals surface area (Å²) in [5, 5.41) is 11.4. The van der Waals surface area contributed by atoms with Crippen LogP contribution in [-0.4, -0.2) is 18.2 Å². The Hall–Kier alpha value is -2.59. The van der Waals surface area contributed by atoms with E-state index in [1.807, 2.05) is 47.8 Å². The van der Waals surface area contributed by atoms with Gasteiger partial charge in [-0.15, -0.1) is 11.3 Å². The highest BCUT2D eigenvalue weighted by molar-refractivity contribution is 7.14. The van der Waals surface area contributed by atoms with Crippen molar-refractivity contribution in [1.29, 1.82) is 0 Å². The molecule has 0 saturated heterocycles. The summed E-state index contributed by atoms with van der Waals surface area (Å²) in [4.78, 5) is 12.4. The molecule has 3 rings (SSSR count). The molecule has 4 heteroatoms. The number of thiophene rings is 1. The Kier molecular flexibility index (Phi) is 3.94. The molecule has 0 atom stereocenters. The van der Waals surface area contributed by atoms with Crippen LogP contribution in [0.3, 0.4) is 0 Å². The summed E-state index contributed by atoms with van der Waals surface area (Å²) < 4.78 is 5.43. The van der Waals surface area contributed by atoms with Crippen LogP contribution >= 0.6 is 11.3 Å². The zero-order valence-corrected chi connectivity index (χ0v) is 12.8. The van der Waals surface area contributed by atoms with Crippen molar-refractivity contribution in [2.45, 2.75) is 0 Å². The number of benzene rings is 2. The fourth-order valence-corrected chi connectivity index (χ4v) is 3.41. The first-order valence-electron chi connectivity index (χ1n) is 6.76. The minimum absolute atomic E-state index is 0.307. The molecule has 1 aromatic heterocycles. The van der Waals surface area contributed by atoms with Crippen molar-refractivity contribution in [2.75, 3.05) is 7.11 Å². The lowest BCUT2D eigenvalue weighted by Crippen LogP contribution is -1.98. The van der Waals surface area contributed by atoms with Crippen LogP contribution in [0.15, 0.2) is 60.0 Å². The Labute approximate surface area is 132 Å². The van der Waals surface area contributed by atoms with Crippen molar-refractivity contribution in [3.05, 3.63) is 65.5 Å². The van der Waals surface area contributed by atoms with Gasteiger partial charge in [0.15, 0.2) is 0 Å². The summed E-state index contributed by atoms with van der Waals surface area (Å²) >= 11 is 1.53. The third-order valence-electron chi connectivity index (χ3n) is 3.46. The van der Waals surface area contributed by atoms with Crippen LogP contribution in [0, 0.1) is 0 Å². The molecule has 0 aliphatic carbocycles. The van der Waals surface area contributed by atoms with Crippen LogP contribution < -0.4 is 4.74 Å². The second-order valence-corrected chi connectivity index (χ2v) is 5.63. The summed E-state index contributed by atoms with van der Waals surface area (Å²) in [6.07, 6.45) is 0. The summed E-state index contributed by atoms with van der Waals surface area (Å²) in [6, 6.07) is 16.8. The highest BCUT2D eigenvalue weighted by atomic mass is 32.1. The smallest absolute Gasteiger partial charge is 0.336 e. The summed E-state index contributed by atoms with van der Waals surface area (Å²) in [6.45, 7) is 0. The molecule has 0 fully saturated rings. The van der Waals surface area contributed by atoms with E-state index in [9.17, 15) is 9.90 Å². The van der Waals surface area contributed by atoms with Gasteiger partial charge >= 0.3 is 5.97 Å². The molecule has 0 unspecified atom stereocenters. The molecule has 0 bridgehead atoms. The number of hydrogen-bond acceptors (Lipinski definition) is 3. The number of carboxylic acid groups (broad SMARTS) is 1. The van der Waals surface area contributed by atoms with Crippen LogP contribution in [0.4, 0.5) is 0 Å². The maximum absolute atomic E-state index is 11.5. The minimum Gasteiger partial charge on any atom is -0.496 e. The van der Waals surface area contributed by atoms with E-state index < -0.39 is 5.97 Å². The number of methoxy groups -OCH3 is 1. The molecule has 0 aliphatic rings. The largest absolute Gasteiger partial charge is 0.496 e. The predicted octanol–water partition coefficient (Wildman–Crippen LogP) is 4.79. The lowest BCUT2D eigenvalue weighted by molar-refractivity contribution is 0.0698. The lowest BCUT2D eigenvalue weighted by Gasteiger charge is -2.11. The first kappa shape index (κ1) is 14.4. The predicted molar refractivity (Wildman–Crippen MR) is 88.7 cm³/mol. The van der Waals surface area contributed by atoms with Gasteiger partial charge in [0.2, 0.25) is 0 Å². The fourth-order valence-electron chi connectivity index (χ4n) is 2.46.